The van der Waals surface area contributed by atoms with Crippen molar-refractivity contribution in [3.63, 3.8) is 0 Å². The molecule has 8 N–H and O–H groups in total. The van der Waals surface area contributed by atoms with Crippen LogP contribution in [-0.2, 0) is 41.6 Å². The summed E-state index contributed by atoms with van der Waals surface area (Å²) in [4.78, 5) is 75.9. The number of amides is 6. The van der Waals surface area contributed by atoms with Crippen molar-refractivity contribution >= 4 is 35.4 Å². The summed E-state index contributed by atoms with van der Waals surface area (Å²) in [5, 5.41) is 22.2. The fourth-order valence-electron chi connectivity index (χ4n) is 4.51. The minimum absolute atomic E-state index is 0.0412. The van der Waals surface area contributed by atoms with Crippen molar-refractivity contribution in [3.8, 4) is 18.1 Å². The molecule has 0 radical (unpaired) electrons. The van der Waals surface area contributed by atoms with Crippen LogP contribution >= 0.6 is 0 Å². The third kappa shape index (κ3) is 13.1. The Morgan fingerprint density at radius 1 is 0.761 bits per heavy atom. The Hall–Kier alpha value is -5.38. The number of nitrogens with one attached hydrogen (secondary N) is 5. The zero-order valence-electron chi connectivity index (χ0n) is 26.2. The summed E-state index contributed by atoms with van der Waals surface area (Å²) in [6.45, 7) is 4.45. The van der Waals surface area contributed by atoms with E-state index in [0.717, 1.165) is 5.56 Å². The smallest absolute Gasteiger partial charge is 0.244 e. The van der Waals surface area contributed by atoms with Gasteiger partial charge in [0.1, 0.15) is 29.9 Å². The Morgan fingerprint density at radius 3 is 1.85 bits per heavy atom. The lowest BCUT2D eigenvalue weighted by Crippen LogP contribution is -2.57. The molecule has 0 saturated heterocycles. The second-order valence-corrected chi connectivity index (χ2v) is 11.2. The van der Waals surface area contributed by atoms with Gasteiger partial charge in [0.05, 0.1) is 6.54 Å². The zero-order valence-corrected chi connectivity index (χ0v) is 26.2. The van der Waals surface area contributed by atoms with Crippen LogP contribution < -0.4 is 32.3 Å². The first-order valence-corrected chi connectivity index (χ1v) is 14.8. The van der Waals surface area contributed by atoms with Gasteiger partial charge in [0.15, 0.2) is 0 Å². The summed E-state index contributed by atoms with van der Waals surface area (Å²) < 4.78 is 0. The van der Waals surface area contributed by atoms with Gasteiger partial charge in [0, 0.05) is 26.2 Å². The molecule has 4 unspecified atom stereocenters. The number of carbonyl (C=O) groups is 6. The first-order valence-electron chi connectivity index (χ1n) is 14.8. The van der Waals surface area contributed by atoms with Crippen LogP contribution in [0.25, 0.3) is 0 Å². The Morgan fingerprint density at radius 2 is 1.30 bits per heavy atom. The molecule has 2 aromatic rings. The lowest BCUT2D eigenvalue weighted by atomic mass is 10.0. The number of carbonyl (C=O) groups excluding carboxylic acids is 6. The van der Waals surface area contributed by atoms with Crippen molar-refractivity contribution in [2.75, 3.05) is 6.54 Å². The number of aromatic hydroxyl groups is 1. The third-order valence-corrected chi connectivity index (χ3v) is 6.75. The van der Waals surface area contributed by atoms with Gasteiger partial charge in [-0.25, -0.2) is 0 Å². The number of primary amides is 1. The van der Waals surface area contributed by atoms with Crippen LogP contribution in [0.3, 0.4) is 0 Å². The Labute approximate surface area is 268 Å². The number of benzene rings is 2. The molecule has 2 rings (SSSR count). The summed E-state index contributed by atoms with van der Waals surface area (Å²) in [6.07, 6.45) is 5.69. The molecule has 0 aliphatic heterocycles. The van der Waals surface area contributed by atoms with Crippen molar-refractivity contribution < 1.29 is 33.9 Å². The van der Waals surface area contributed by atoms with E-state index in [-0.39, 0.29) is 30.9 Å². The van der Waals surface area contributed by atoms with Gasteiger partial charge in [0.2, 0.25) is 35.4 Å². The molecule has 246 valence electrons. The molecule has 0 fully saturated rings. The van der Waals surface area contributed by atoms with Gasteiger partial charge in [-0.05, 0) is 35.6 Å². The molecule has 13 nitrogen and oxygen atoms in total. The van der Waals surface area contributed by atoms with E-state index in [1.54, 1.807) is 42.5 Å². The lowest BCUT2D eigenvalue weighted by Gasteiger charge is -2.25. The van der Waals surface area contributed by atoms with E-state index in [9.17, 15) is 33.9 Å². The van der Waals surface area contributed by atoms with E-state index in [1.165, 1.54) is 19.1 Å². The standard InChI is InChI=1S/C33H42N6O7/c1-5-9-25(37-29(42)19-35-31(44)27(36-21(4)40)18-23-12-14-24(41)15-13-23)32(45)39-28(17-22-10-7-6-8-11-22)33(46)38-26(30(34)43)16-20(2)3/h1,6-8,10-15,20,25-28,41H,9,16-19H2,2-4H3,(H2,34,43)(H,35,44)(H,36,40)(H,37,42)(H,38,46)(H,39,45). The summed E-state index contributed by atoms with van der Waals surface area (Å²) in [5.41, 5.74) is 6.88. The molecule has 0 spiro atoms. The second kappa shape index (κ2) is 18.4. The molecule has 0 aliphatic rings. The molecule has 0 aliphatic carbocycles. The van der Waals surface area contributed by atoms with E-state index >= 15 is 0 Å². The van der Waals surface area contributed by atoms with Crippen molar-refractivity contribution in [2.45, 2.75) is 70.6 Å². The summed E-state index contributed by atoms with van der Waals surface area (Å²) in [7, 11) is 0. The highest BCUT2D eigenvalue weighted by Crippen LogP contribution is 2.12. The lowest BCUT2D eigenvalue weighted by molar-refractivity contribution is -0.133. The van der Waals surface area contributed by atoms with E-state index in [4.69, 9.17) is 12.2 Å². The molecule has 4 atom stereocenters. The van der Waals surface area contributed by atoms with Crippen LogP contribution in [0, 0.1) is 18.3 Å². The van der Waals surface area contributed by atoms with Gasteiger partial charge in [0.25, 0.3) is 0 Å². The quantitative estimate of drug-likeness (QED) is 0.117. The van der Waals surface area contributed by atoms with Crippen molar-refractivity contribution in [1.82, 2.24) is 26.6 Å². The van der Waals surface area contributed by atoms with Crippen molar-refractivity contribution in [3.05, 3.63) is 65.7 Å². The van der Waals surface area contributed by atoms with Crippen LogP contribution in [0.4, 0.5) is 0 Å². The first kappa shape index (κ1) is 36.8. The molecule has 0 saturated carbocycles. The monoisotopic (exact) mass is 634 g/mol. The molecule has 46 heavy (non-hydrogen) atoms. The molecular formula is C33H42N6O7. The summed E-state index contributed by atoms with van der Waals surface area (Å²) >= 11 is 0. The summed E-state index contributed by atoms with van der Waals surface area (Å²) in [5.74, 6) is -1.55. The highest BCUT2D eigenvalue weighted by atomic mass is 16.3. The number of rotatable bonds is 17. The first-order chi connectivity index (χ1) is 21.8. The Kier molecular flexibility index (Phi) is 14.8. The Balaban J connectivity index is 2.11. The maximum Gasteiger partial charge on any atom is 0.244 e. The number of terminal acetylenes is 1. The number of hydrogen-bond acceptors (Lipinski definition) is 7. The molecule has 13 heteroatoms. The number of nitrogens with two attached hydrogens (primary N) is 1. The van der Waals surface area contributed by atoms with Crippen LogP contribution in [0.2, 0.25) is 0 Å². The van der Waals surface area contributed by atoms with Crippen molar-refractivity contribution in [1.29, 1.82) is 0 Å². The number of phenols is 1. The predicted octanol–water partition coefficient (Wildman–Crippen LogP) is -0.193. The minimum Gasteiger partial charge on any atom is -0.508 e. The largest absolute Gasteiger partial charge is 0.508 e. The number of phenolic OH excluding ortho intramolecular Hbond substituents is 1. The fraction of sp³-hybridized carbons (Fsp3) is 0.394. The van der Waals surface area contributed by atoms with Crippen LogP contribution in [-0.4, -0.2) is 71.3 Å². The fourth-order valence-corrected chi connectivity index (χ4v) is 4.51. The van der Waals surface area contributed by atoms with Crippen LogP contribution in [0.1, 0.15) is 44.7 Å². The van der Waals surface area contributed by atoms with Crippen molar-refractivity contribution in [2.24, 2.45) is 11.7 Å². The second-order valence-electron chi connectivity index (χ2n) is 11.2. The van der Waals surface area contributed by atoms with E-state index < -0.39 is 66.2 Å². The normalized spacial score (nSPS) is 13.2. The predicted molar refractivity (Wildman–Crippen MR) is 170 cm³/mol. The third-order valence-electron chi connectivity index (χ3n) is 6.75. The molecule has 6 amide bonds. The van der Waals surface area contributed by atoms with E-state index in [1.807, 2.05) is 13.8 Å². The van der Waals surface area contributed by atoms with Gasteiger partial charge < -0.3 is 37.4 Å². The minimum atomic E-state index is -1.26. The van der Waals surface area contributed by atoms with Gasteiger partial charge in [-0.3, -0.25) is 28.8 Å². The number of hydrogen-bond donors (Lipinski definition) is 7. The topological polar surface area (TPSA) is 209 Å². The van der Waals surface area contributed by atoms with E-state index in [2.05, 4.69) is 32.5 Å². The van der Waals surface area contributed by atoms with Gasteiger partial charge in [-0.15, -0.1) is 12.3 Å². The summed E-state index contributed by atoms with van der Waals surface area (Å²) in [6, 6.07) is 10.6. The van der Waals surface area contributed by atoms with Gasteiger partial charge >= 0.3 is 0 Å². The average molecular weight is 635 g/mol. The average Bonchev–Trinajstić information content (AvgIpc) is 2.99. The molecule has 2 aromatic carbocycles. The molecular weight excluding hydrogens is 592 g/mol. The Bertz CT molecular complexity index is 1410. The van der Waals surface area contributed by atoms with Gasteiger partial charge in [-0.1, -0.05) is 56.3 Å². The maximum absolute atomic E-state index is 13.3. The van der Waals surface area contributed by atoms with Gasteiger partial charge in [-0.2, -0.15) is 0 Å². The SMILES string of the molecule is C#CCC(NC(=O)CNC(=O)C(Cc1ccc(O)cc1)NC(C)=O)C(=O)NC(Cc1ccccc1)C(=O)NC(CC(C)C)C(N)=O. The molecule has 0 heterocycles. The highest BCUT2D eigenvalue weighted by Gasteiger charge is 2.30. The molecule has 0 bridgehead atoms. The van der Waals surface area contributed by atoms with E-state index in [0.29, 0.717) is 12.0 Å². The zero-order chi connectivity index (χ0) is 34.2. The molecule has 0 aromatic heterocycles. The highest BCUT2D eigenvalue weighted by molar-refractivity contribution is 5.95. The van der Waals surface area contributed by atoms with Crippen LogP contribution in [0.15, 0.2) is 54.6 Å². The maximum atomic E-state index is 13.3. The van der Waals surface area contributed by atoms with Crippen LogP contribution in [0.5, 0.6) is 5.75 Å².